The maximum atomic E-state index is 13.0. The first-order valence-electron chi connectivity index (χ1n) is 9.19. The van der Waals surface area contributed by atoms with Crippen LogP contribution in [0.2, 0.25) is 0 Å². The highest BCUT2D eigenvalue weighted by atomic mass is 16.2. The van der Waals surface area contributed by atoms with Crippen LogP contribution < -0.4 is 11.1 Å². The topological polar surface area (TPSA) is 78.7 Å². The third-order valence-corrected chi connectivity index (χ3v) is 4.88. The van der Waals surface area contributed by atoms with Crippen LogP contribution in [0.15, 0.2) is 60.7 Å². The molecular formula is C21H26N4O2. The first kappa shape index (κ1) is 19.1. The van der Waals surface area contributed by atoms with Crippen LogP contribution in [-0.2, 0) is 16.1 Å². The molecule has 6 nitrogen and oxygen atoms in total. The molecule has 0 aliphatic carbocycles. The molecule has 1 fully saturated rings. The number of likely N-dealkylation sites (N-methyl/N-ethyl adjacent to an activating group) is 1. The van der Waals surface area contributed by atoms with Crippen LogP contribution in [0, 0.1) is 0 Å². The fourth-order valence-electron chi connectivity index (χ4n) is 3.51. The highest BCUT2D eigenvalue weighted by molar-refractivity contribution is 5.90. The Morgan fingerprint density at radius 2 is 1.74 bits per heavy atom. The lowest BCUT2D eigenvalue weighted by atomic mass is 10.0. The number of hydrogen-bond donors (Lipinski definition) is 2. The summed E-state index contributed by atoms with van der Waals surface area (Å²) in [6.45, 7) is 2.31. The van der Waals surface area contributed by atoms with Crippen LogP contribution in [0.25, 0.3) is 0 Å². The number of benzene rings is 2. The maximum Gasteiger partial charge on any atom is 0.247 e. The quantitative estimate of drug-likeness (QED) is 0.832. The predicted molar refractivity (Wildman–Crippen MR) is 105 cm³/mol. The molecule has 1 aliphatic rings. The van der Waals surface area contributed by atoms with Crippen molar-refractivity contribution in [1.29, 1.82) is 0 Å². The van der Waals surface area contributed by atoms with Crippen LogP contribution >= 0.6 is 0 Å². The Morgan fingerprint density at radius 1 is 1.11 bits per heavy atom. The van der Waals surface area contributed by atoms with Gasteiger partial charge in [0.25, 0.3) is 0 Å². The number of rotatable bonds is 5. The van der Waals surface area contributed by atoms with Gasteiger partial charge in [0, 0.05) is 33.2 Å². The summed E-state index contributed by atoms with van der Waals surface area (Å²) in [6.07, 6.45) is 0. The monoisotopic (exact) mass is 366 g/mol. The SMILES string of the molecule is CNC(=O)C(c1ccccc1)N1CCN(Cc2ccccc2)C[C@H](N)C1=O. The summed E-state index contributed by atoms with van der Waals surface area (Å²) in [5.41, 5.74) is 8.17. The molecule has 0 aromatic heterocycles. The molecule has 2 atom stereocenters. The first-order valence-corrected chi connectivity index (χ1v) is 9.19. The second-order valence-corrected chi connectivity index (χ2v) is 6.79. The minimum atomic E-state index is -0.675. The number of nitrogens with two attached hydrogens (primary N) is 1. The van der Waals surface area contributed by atoms with Gasteiger partial charge in [-0.1, -0.05) is 60.7 Å². The van der Waals surface area contributed by atoms with Gasteiger partial charge >= 0.3 is 0 Å². The average Bonchev–Trinajstić information content (AvgIpc) is 2.83. The molecule has 27 heavy (non-hydrogen) atoms. The zero-order chi connectivity index (χ0) is 19.2. The fourth-order valence-corrected chi connectivity index (χ4v) is 3.51. The zero-order valence-corrected chi connectivity index (χ0v) is 15.5. The van der Waals surface area contributed by atoms with Crippen molar-refractivity contribution in [2.75, 3.05) is 26.7 Å². The van der Waals surface area contributed by atoms with Crippen molar-refractivity contribution in [2.45, 2.75) is 18.6 Å². The molecule has 142 valence electrons. The lowest BCUT2D eigenvalue weighted by molar-refractivity contribution is -0.140. The van der Waals surface area contributed by atoms with Crippen LogP contribution in [-0.4, -0.2) is 54.3 Å². The molecule has 1 aliphatic heterocycles. The van der Waals surface area contributed by atoms with Gasteiger partial charge in [0.2, 0.25) is 11.8 Å². The smallest absolute Gasteiger partial charge is 0.247 e. The van der Waals surface area contributed by atoms with E-state index in [1.54, 1.807) is 11.9 Å². The molecule has 0 radical (unpaired) electrons. The Kier molecular flexibility index (Phi) is 6.21. The molecule has 0 bridgehead atoms. The molecular weight excluding hydrogens is 340 g/mol. The Labute approximate surface area is 159 Å². The van der Waals surface area contributed by atoms with Crippen molar-refractivity contribution in [3.8, 4) is 0 Å². The number of carbonyl (C=O) groups is 2. The van der Waals surface area contributed by atoms with Crippen molar-refractivity contribution in [1.82, 2.24) is 15.1 Å². The first-order chi connectivity index (χ1) is 13.1. The molecule has 2 amide bonds. The highest BCUT2D eigenvalue weighted by Crippen LogP contribution is 2.23. The lowest BCUT2D eigenvalue weighted by Gasteiger charge is -2.30. The summed E-state index contributed by atoms with van der Waals surface area (Å²) in [5.74, 6) is -0.402. The number of hydrogen-bond acceptors (Lipinski definition) is 4. The van der Waals surface area contributed by atoms with Crippen LogP contribution in [0.3, 0.4) is 0 Å². The third-order valence-electron chi connectivity index (χ3n) is 4.88. The summed E-state index contributed by atoms with van der Waals surface area (Å²) in [4.78, 5) is 29.3. The highest BCUT2D eigenvalue weighted by Gasteiger charge is 2.36. The van der Waals surface area contributed by atoms with E-state index in [-0.39, 0.29) is 11.8 Å². The Balaban J connectivity index is 1.82. The number of carbonyl (C=O) groups excluding carboxylic acids is 2. The van der Waals surface area contributed by atoms with Crippen LogP contribution in [0.1, 0.15) is 17.2 Å². The van der Waals surface area contributed by atoms with E-state index in [2.05, 4.69) is 22.3 Å². The maximum absolute atomic E-state index is 13.0. The molecule has 2 aromatic rings. The molecule has 6 heteroatoms. The lowest BCUT2D eigenvalue weighted by Crippen LogP contribution is -2.49. The Hall–Kier alpha value is -2.70. The van der Waals surface area contributed by atoms with Gasteiger partial charge in [0.05, 0.1) is 6.04 Å². The van der Waals surface area contributed by atoms with Gasteiger partial charge in [0.1, 0.15) is 6.04 Å². The van der Waals surface area contributed by atoms with E-state index in [1.165, 1.54) is 5.56 Å². The molecule has 3 N–H and O–H groups in total. The van der Waals surface area contributed by atoms with Crippen LogP contribution in [0.4, 0.5) is 0 Å². The van der Waals surface area contributed by atoms with Crippen molar-refractivity contribution in [3.63, 3.8) is 0 Å². The van der Waals surface area contributed by atoms with Gasteiger partial charge in [-0.25, -0.2) is 0 Å². The standard InChI is InChI=1S/C21H26N4O2/c1-23-20(26)19(17-10-6-3-7-11-17)25-13-12-24(15-18(22)21(25)27)14-16-8-4-2-5-9-16/h2-11,18-19H,12-15,22H2,1H3,(H,23,26)/t18-,19?/m0/s1. The third kappa shape index (κ3) is 4.53. The molecule has 1 unspecified atom stereocenters. The summed E-state index contributed by atoms with van der Waals surface area (Å²) in [7, 11) is 1.59. The Bertz CT molecular complexity index is 766. The van der Waals surface area contributed by atoms with Gasteiger partial charge in [-0.3, -0.25) is 14.5 Å². The van der Waals surface area contributed by atoms with Gasteiger partial charge < -0.3 is 16.0 Å². The number of nitrogens with one attached hydrogen (secondary N) is 1. The fraction of sp³-hybridized carbons (Fsp3) is 0.333. The van der Waals surface area contributed by atoms with E-state index in [4.69, 9.17) is 5.73 Å². The molecule has 0 spiro atoms. The summed E-state index contributed by atoms with van der Waals surface area (Å²) in [5, 5.41) is 2.68. The minimum absolute atomic E-state index is 0.192. The van der Waals surface area contributed by atoms with E-state index in [0.717, 1.165) is 12.1 Å². The molecule has 2 aromatic carbocycles. The normalized spacial score (nSPS) is 19.4. The van der Waals surface area contributed by atoms with E-state index >= 15 is 0 Å². The molecule has 3 rings (SSSR count). The molecule has 1 saturated heterocycles. The average molecular weight is 366 g/mol. The summed E-state index contributed by atoms with van der Waals surface area (Å²) >= 11 is 0. The van der Waals surface area contributed by atoms with E-state index in [1.807, 2.05) is 48.5 Å². The van der Waals surface area contributed by atoms with Crippen molar-refractivity contribution in [2.24, 2.45) is 5.73 Å². The minimum Gasteiger partial charge on any atom is -0.357 e. The van der Waals surface area contributed by atoms with Gasteiger partial charge in [-0.05, 0) is 11.1 Å². The van der Waals surface area contributed by atoms with Gasteiger partial charge in [-0.2, -0.15) is 0 Å². The molecule has 1 heterocycles. The van der Waals surface area contributed by atoms with Crippen molar-refractivity contribution in [3.05, 3.63) is 71.8 Å². The van der Waals surface area contributed by atoms with Crippen molar-refractivity contribution < 1.29 is 9.59 Å². The summed E-state index contributed by atoms with van der Waals surface area (Å²) in [6, 6.07) is 18.1. The predicted octanol–water partition coefficient (Wildman–Crippen LogP) is 1.15. The second kappa shape index (κ2) is 8.79. The van der Waals surface area contributed by atoms with Crippen molar-refractivity contribution >= 4 is 11.8 Å². The van der Waals surface area contributed by atoms with Gasteiger partial charge in [-0.15, -0.1) is 0 Å². The second-order valence-electron chi connectivity index (χ2n) is 6.79. The van der Waals surface area contributed by atoms with E-state index in [9.17, 15) is 9.59 Å². The van der Waals surface area contributed by atoms with Gasteiger partial charge in [0.15, 0.2) is 0 Å². The van der Waals surface area contributed by atoms with Crippen LogP contribution in [0.5, 0.6) is 0 Å². The number of nitrogens with zero attached hydrogens (tertiary/aromatic N) is 2. The number of amides is 2. The molecule has 0 saturated carbocycles. The largest absolute Gasteiger partial charge is 0.357 e. The summed E-state index contributed by atoms with van der Waals surface area (Å²) < 4.78 is 0. The van der Waals surface area contributed by atoms with E-state index in [0.29, 0.717) is 19.6 Å². The van der Waals surface area contributed by atoms with E-state index < -0.39 is 12.1 Å². The Morgan fingerprint density at radius 3 is 2.37 bits per heavy atom. The zero-order valence-electron chi connectivity index (χ0n) is 15.5.